The first-order valence-electron chi connectivity index (χ1n) is 4.91. The molecule has 0 aromatic carbocycles. The minimum Gasteiger partial charge on any atom is -0.328 e. The predicted molar refractivity (Wildman–Crippen MR) is 61.0 cm³/mol. The first kappa shape index (κ1) is 17.0. The molecule has 1 N–H and O–H groups in total. The molecule has 0 radical (unpaired) electrons. The number of hydrogen-bond acceptors (Lipinski definition) is 4. The van der Waals surface area contributed by atoms with Gasteiger partial charge < -0.3 is 10.1 Å². The first-order chi connectivity index (χ1) is 7.25. The van der Waals surface area contributed by atoms with Crippen LogP contribution in [0.25, 0.3) is 0 Å². The van der Waals surface area contributed by atoms with Gasteiger partial charge in [-0.3, -0.25) is 4.79 Å². The van der Waals surface area contributed by atoms with E-state index in [9.17, 15) is 4.79 Å². The molecule has 0 aliphatic heterocycles. The third-order valence-electron chi connectivity index (χ3n) is 1.48. The van der Waals surface area contributed by atoms with Crippen molar-refractivity contribution in [1.29, 1.82) is 0 Å². The third-order valence-corrected chi connectivity index (χ3v) is 1.48. The van der Waals surface area contributed by atoms with E-state index in [0.717, 1.165) is 18.5 Å². The Kier molecular flexibility index (Phi) is 10.7. The van der Waals surface area contributed by atoms with Crippen LogP contribution in [-0.4, -0.2) is 41.6 Å². The van der Waals surface area contributed by atoms with E-state index in [0.29, 0.717) is 6.42 Å². The van der Waals surface area contributed by atoms with E-state index in [1.165, 1.54) is 0 Å². The average molecular weight is 232 g/mol. The number of allylic oxidation sites excluding steroid dienone is 2. The van der Waals surface area contributed by atoms with Crippen molar-refractivity contribution in [2.45, 2.75) is 26.7 Å². The Balaban J connectivity index is 0. The van der Waals surface area contributed by atoms with Crippen LogP contribution in [0.5, 0.6) is 0 Å². The number of rotatable bonds is 5. The summed E-state index contributed by atoms with van der Waals surface area (Å²) in [6.45, 7) is 4.88. The molecule has 0 amide bonds. The van der Waals surface area contributed by atoms with Crippen molar-refractivity contribution < 1.29 is 15.1 Å². The summed E-state index contributed by atoms with van der Waals surface area (Å²) in [7, 11) is 4.04. The minimum atomic E-state index is -1.50. The summed E-state index contributed by atoms with van der Waals surface area (Å²) in [5.74, 6) is 0.247. The Morgan fingerprint density at radius 3 is 2.19 bits per heavy atom. The quantitative estimate of drug-likeness (QED) is 0.441. The van der Waals surface area contributed by atoms with Crippen LogP contribution in [0.2, 0.25) is 0 Å². The Labute approximate surface area is 95.7 Å². The molecule has 0 aliphatic carbocycles. The van der Waals surface area contributed by atoms with Gasteiger partial charge in [-0.15, -0.1) is 10.1 Å². The lowest BCUT2D eigenvalue weighted by Gasteiger charge is -2.07. The highest BCUT2D eigenvalue weighted by molar-refractivity contribution is 5.90. The zero-order valence-electron chi connectivity index (χ0n) is 10.3. The largest absolute Gasteiger partial charge is 0.328 e. The predicted octanol–water partition coefficient (Wildman–Crippen LogP) is 1.52. The highest BCUT2D eigenvalue weighted by atomic mass is 16.9. The van der Waals surface area contributed by atoms with Crippen molar-refractivity contribution in [3.63, 3.8) is 0 Å². The van der Waals surface area contributed by atoms with Gasteiger partial charge in [0.25, 0.3) is 5.09 Å². The Morgan fingerprint density at radius 2 is 1.88 bits per heavy atom. The molecule has 0 atom stereocenters. The maximum absolute atomic E-state index is 11.1. The summed E-state index contributed by atoms with van der Waals surface area (Å²) in [6.07, 6.45) is 3.34. The average Bonchev–Trinajstić information content (AvgIpc) is 1.99. The van der Waals surface area contributed by atoms with Crippen LogP contribution in [0.3, 0.4) is 0 Å². The van der Waals surface area contributed by atoms with E-state index in [-0.39, 0.29) is 5.78 Å². The van der Waals surface area contributed by atoms with E-state index in [4.69, 9.17) is 15.3 Å². The molecule has 0 saturated heterocycles. The summed E-state index contributed by atoms with van der Waals surface area (Å²) in [4.78, 5) is 21.6. The second-order valence-corrected chi connectivity index (χ2v) is 3.83. The second kappa shape index (κ2) is 10.1. The van der Waals surface area contributed by atoms with E-state index in [1.807, 2.05) is 27.9 Å². The molecule has 0 aromatic rings. The molecule has 16 heavy (non-hydrogen) atoms. The van der Waals surface area contributed by atoms with Gasteiger partial charge in [-0.1, -0.05) is 5.57 Å². The highest BCUT2D eigenvalue weighted by Gasteiger charge is 1.97. The molecule has 0 heterocycles. The number of nitrogens with zero attached hydrogens (tertiary/aromatic N) is 2. The number of hydrogen-bond donors (Lipinski definition) is 1. The van der Waals surface area contributed by atoms with E-state index in [1.54, 1.807) is 6.08 Å². The van der Waals surface area contributed by atoms with E-state index in [2.05, 4.69) is 4.90 Å². The van der Waals surface area contributed by atoms with Crippen molar-refractivity contribution in [2.75, 3.05) is 20.6 Å². The lowest BCUT2D eigenvalue weighted by Crippen LogP contribution is -2.13. The molecule has 0 fully saturated rings. The SMILES string of the molecule is CC(C)=CC(=O)CCCN(C)C.O=[N+]([O-])O. The van der Waals surface area contributed by atoms with E-state index < -0.39 is 5.09 Å². The molecular formula is C10H20N2O4. The topological polar surface area (TPSA) is 83.7 Å². The fourth-order valence-corrected chi connectivity index (χ4v) is 0.964. The van der Waals surface area contributed by atoms with Crippen LogP contribution >= 0.6 is 0 Å². The molecular weight excluding hydrogens is 212 g/mol. The summed E-state index contributed by atoms with van der Waals surface area (Å²) in [5.41, 5.74) is 1.09. The van der Waals surface area contributed by atoms with Crippen LogP contribution in [0.15, 0.2) is 11.6 Å². The molecule has 0 unspecified atom stereocenters. The minimum absolute atomic E-state index is 0.247. The number of carbonyl (C=O) groups is 1. The van der Waals surface area contributed by atoms with Crippen molar-refractivity contribution >= 4 is 5.78 Å². The van der Waals surface area contributed by atoms with Gasteiger partial charge in [0.2, 0.25) is 0 Å². The van der Waals surface area contributed by atoms with Gasteiger partial charge in [0.15, 0.2) is 5.78 Å². The molecule has 0 aromatic heterocycles. The third kappa shape index (κ3) is 22.9. The zero-order chi connectivity index (χ0) is 13.1. The van der Waals surface area contributed by atoms with Gasteiger partial charge in [-0.2, -0.15) is 0 Å². The maximum atomic E-state index is 11.1. The number of ketones is 1. The van der Waals surface area contributed by atoms with Gasteiger partial charge in [-0.05, 0) is 47.0 Å². The molecule has 6 nitrogen and oxygen atoms in total. The molecule has 0 bridgehead atoms. The molecule has 6 heteroatoms. The smallest absolute Gasteiger partial charge is 0.291 e. The Morgan fingerprint density at radius 1 is 1.44 bits per heavy atom. The molecule has 0 saturated carbocycles. The summed E-state index contributed by atoms with van der Waals surface area (Å²) in [6, 6.07) is 0. The Bertz CT molecular complexity index is 241. The van der Waals surface area contributed by atoms with Gasteiger partial charge >= 0.3 is 0 Å². The molecule has 0 rings (SSSR count). The van der Waals surface area contributed by atoms with Crippen LogP contribution < -0.4 is 0 Å². The van der Waals surface area contributed by atoms with E-state index >= 15 is 0 Å². The fourth-order valence-electron chi connectivity index (χ4n) is 0.964. The van der Waals surface area contributed by atoms with Crippen LogP contribution in [-0.2, 0) is 4.79 Å². The van der Waals surface area contributed by atoms with Crippen molar-refractivity contribution in [3.05, 3.63) is 21.8 Å². The van der Waals surface area contributed by atoms with Crippen LogP contribution in [0.4, 0.5) is 0 Å². The number of carbonyl (C=O) groups excluding carboxylic acids is 1. The molecule has 94 valence electrons. The van der Waals surface area contributed by atoms with Gasteiger partial charge in [-0.25, -0.2) is 0 Å². The molecule has 0 spiro atoms. The maximum Gasteiger partial charge on any atom is 0.291 e. The highest BCUT2D eigenvalue weighted by Crippen LogP contribution is 1.97. The normalized spacial score (nSPS) is 9.06. The fraction of sp³-hybridized carbons (Fsp3) is 0.700. The van der Waals surface area contributed by atoms with Crippen LogP contribution in [0.1, 0.15) is 26.7 Å². The van der Waals surface area contributed by atoms with Crippen LogP contribution in [0, 0.1) is 10.1 Å². The van der Waals surface area contributed by atoms with Crippen molar-refractivity contribution in [3.8, 4) is 0 Å². The second-order valence-electron chi connectivity index (χ2n) is 3.83. The standard InChI is InChI=1S/C10H19NO.HNO3/c1-9(2)8-10(12)6-5-7-11(3)4;2-1(3)4/h8H,5-7H2,1-4H3;(H,2,3,4). The van der Waals surface area contributed by atoms with Gasteiger partial charge in [0.05, 0.1) is 0 Å². The monoisotopic (exact) mass is 232 g/mol. The van der Waals surface area contributed by atoms with Crippen molar-refractivity contribution in [2.24, 2.45) is 0 Å². The zero-order valence-corrected chi connectivity index (χ0v) is 10.3. The molecule has 0 aliphatic rings. The Hall–Kier alpha value is -1.43. The van der Waals surface area contributed by atoms with Gasteiger partial charge in [0, 0.05) is 6.42 Å². The lowest BCUT2D eigenvalue weighted by atomic mass is 10.1. The first-order valence-corrected chi connectivity index (χ1v) is 4.91. The lowest BCUT2D eigenvalue weighted by molar-refractivity contribution is -0.742. The van der Waals surface area contributed by atoms with Gasteiger partial charge in [0.1, 0.15) is 0 Å². The van der Waals surface area contributed by atoms with Crippen molar-refractivity contribution in [1.82, 2.24) is 4.90 Å². The summed E-state index contributed by atoms with van der Waals surface area (Å²) in [5, 5.41) is 13.6. The summed E-state index contributed by atoms with van der Waals surface area (Å²) >= 11 is 0. The summed E-state index contributed by atoms with van der Waals surface area (Å²) < 4.78 is 0.